The second-order valence-electron chi connectivity index (χ2n) is 2.51. The van der Waals surface area contributed by atoms with Gasteiger partial charge in [0.05, 0.1) is 0 Å². The first-order valence-electron chi connectivity index (χ1n) is 3.60. The van der Waals surface area contributed by atoms with Gasteiger partial charge in [0.25, 0.3) is 0 Å². The van der Waals surface area contributed by atoms with Gasteiger partial charge >= 0.3 is 0 Å². The highest BCUT2D eigenvalue weighted by atomic mass is 14.7. The van der Waals surface area contributed by atoms with E-state index in [4.69, 9.17) is 0 Å². The minimum Gasteiger partial charge on any atom is -0.258 e. The number of aryl methyl sites for hydroxylation is 2. The predicted molar refractivity (Wildman–Crippen MR) is 46.3 cm³/mol. The smallest absolute Gasteiger partial charge is 0.0388 e. The molecule has 0 fully saturated rings. The number of aromatic nitrogens is 1. The average molecular weight is 145 g/mol. The fraction of sp³-hybridized carbons (Fsp3) is 0.300. The average Bonchev–Trinajstić information content (AvgIpc) is 1.85. The summed E-state index contributed by atoms with van der Waals surface area (Å²) < 4.78 is 0. The maximum Gasteiger partial charge on any atom is 0.0388 e. The van der Waals surface area contributed by atoms with E-state index < -0.39 is 0 Å². The molecule has 56 valence electrons. The zero-order valence-electron chi connectivity index (χ0n) is 7.10. The van der Waals surface area contributed by atoms with E-state index in [1.807, 2.05) is 32.9 Å². The van der Waals surface area contributed by atoms with E-state index in [2.05, 4.69) is 16.8 Å². The zero-order valence-corrected chi connectivity index (χ0v) is 7.10. The lowest BCUT2D eigenvalue weighted by molar-refractivity contribution is 1.12. The van der Waals surface area contributed by atoms with Crippen LogP contribution in [0.5, 0.6) is 0 Å². The molecule has 0 saturated carbocycles. The lowest BCUT2D eigenvalue weighted by Crippen LogP contribution is -1.87. The summed E-state index contributed by atoms with van der Waals surface area (Å²) in [5, 5.41) is 0. The molecule has 0 N–H and O–H groups in total. The summed E-state index contributed by atoms with van der Waals surface area (Å²) in [6.07, 6.45) is 0. The van der Waals surface area contributed by atoms with Gasteiger partial charge in [-0.3, -0.25) is 4.98 Å². The molecule has 0 atom stereocenters. The SMILES string of the molecule is CC#Cc1cc(C)nc(C)c1. The summed E-state index contributed by atoms with van der Waals surface area (Å²) in [5.41, 5.74) is 3.11. The van der Waals surface area contributed by atoms with Gasteiger partial charge in [0.1, 0.15) is 0 Å². The van der Waals surface area contributed by atoms with Gasteiger partial charge < -0.3 is 0 Å². The van der Waals surface area contributed by atoms with Gasteiger partial charge in [-0.25, -0.2) is 0 Å². The molecule has 0 saturated heterocycles. The molecule has 1 heteroatoms. The van der Waals surface area contributed by atoms with Crippen molar-refractivity contribution in [2.75, 3.05) is 0 Å². The van der Waals surface area contributed by atoms with E-state index >= 15 is 0 Å². The maximum atomic E-state index is 4.25. The monoisotopic (exact) mass is 145 g/mol. The van der Waals surface area contributed by atoms with E-state index in [0.29, 0.717) is 0 Å². The molecule has 1 heterocycles. The van der Waals surface area contributed by atoms with E-state index in [1.165, 1.54) is 0 Å². The Bertz CT molecular complexity index is 295. The minimum atomic E-state index is 1.03. The number of rotatable bonds is 0. The fourth-order valence-corrected chi connectivity index (χ4v) is 1.05. The third-order valence-electron chi connectivity index (χ3n) is 1.35. The molecule has 1 aromatic heterocycles. The molecule has 0 aliphatic rings. The molecule has 0 spiro atoms. The van der Waals surface area contributed by atoms with Gasteiger partial charge in [-0.2, -0.15) is 0 Å². The van der Waals surface area contributed by atoms with Gasteiger partial charge in [-0.1, -0.05) is 5.92 Å². The Morgan fingerprint density at radius 3 is 2.18 bits per heavy atom. The van der Waals surface area contributed by atoms with Gasteiger partial charge in [-0.15, -0.1) is 5.92 Å². The van der Waals surface area contributed by atoms with Crippen LogP contribution in [-0.2, 0) is 0 Å². The Kier molecular flexibility index (Phi) is 2.28. The van der Waals surface area contributed by atoms with Crippen LogP contribution in [0.2, 0.25) is 0 Å². The molecule has 0 aliphatic heterocycles. The van der Waals surface area contributed by atoms with Crippen molar-refractivity contribution in [3.63, 3.8) is 0 Å². The summed E-state index contributed by atoms with van der Waals surface area (Å²) >= 11 is 0. The lowest BCUT2D eigenvalue weighted by atomic mass is 10.2. The van der Waals surface area contributed by atoms with Crippen LogP contribution in [0.25, 0.3) is 0 Å². The Morgan fingerprint density at radius 1 is 1.18 bits per heavy atom. The summed E-state index contributed by atoms with van der Waals surface area (Å²) in [4.78, 5) is 4.25. The third kappa shape index (κ3) is 2.09. The summed E-state index contributed by atoms with van der Waals surface area (Å²) in [6, 6.07) is 3.98. The molecule has 0 amide bonds. The van der Waals surface area contributed by atoms with Crippen molar-refractivity contribution in [2.45, 2.75) is 20.8 Å². The summed E-state index contributed by atoms with van der Waals surface area (Å²) in [7, 11) is 0. The first-order chi connectivity index (χ1) is 5.22. The van der Waals surface area contributed by atoms with Crippen LogP contribution >= 0.6 is 0 Å². The molecule has 0 unspecified atom stereocenters. The molecule has 1 nitrogen and oxygen atoms in total. The highest BCUT2D eigenvalue weighted by Gasteiger charge is 1.91. The molecule has 0 radical (unpaired) electrons. The summed E-state index contributed by atoms with van der Waals surface area (Å²) in [6.45, 7) is 5.80. The molecular weight excluding hydrogens is 134 g/mol. The topological polar surface area (TPSA) is 12.9 Å². The lowest BCUT2D eigenvalue weighted by Gasteiger charge is -1.96. The van der Waals surface area contributed by atoms with E-state index in [9.17, 15) is 0 Å². The van der Waals surface area contributed by atoms with Crippen molar-refractivity contribution in [2.24, 2.45) is 0 Å². The van der Waals surface area contributed by atoms with Crippen LogP contribution in [-0.4, -0.2) is 4.98 Å². The Balaban J connectivity index is 3.15. The van der Waals surface area contributed by atoms with Crippen molar-refractivity contribution in [3.05, 3.63) is 29.1 Å². The van der Waals surface area contributed by atoms with Crippen molar-refractivity contribution >= 4 is 0 Å². The second kappa shape index (κ2) is 3.21. The van der Waals surface area contributed by atoms with Gasteiger partial charge in [0.2, 0.25) is 0 Å². The van der Waals surface area contributed by atoms with Crippen LogP contribution in [0.15, 0.2) is 12.1 Å². The number of pyridine rings is 1. The minimum absolute atomic E-state index is 1.03. The van der Waals surface area contributed by atoms with Gasteiger partial charge in [0, 0.05) is 17.0 Å². The van der Waals surface area contributed by atoms with E-state index in [0.717, 1.165) is 17.0 Å². The Hall–Kier alpha value is -1.29. The maximum absolute atomic E-state index is 4.25. The largest absolute Gasteiger partial charge is 0.258 e. The van der Waals surface area contributed by atoms with Crippen molar-refractivity contribution in [1.29, 1.82) is 0 Å². The van der Waals surface area contributed by atoms with E-state index in [1.54, 1.807) is 0 Å². The van der Waals surface area contributed by atoms with Crippen LogP contribution < -0.4 is 0 Å². The van der Waals surface area contributed by atoms with Crippen LogP contribution in [0, 0.1) is 25.7 Å². The molecule has 11 heavy (non-hydrogen) atoms. The van der Waals surface area contributed by atoms with Crippen LogP contribution in [0.4, 0.5) is 0 Å². The molecule has 1 aromatic rings. The summed E-state index contributed by atoms with van der Waals surface area (Å²) in [5.74, 6) is 5.86. The Labute approximate surface area is 67.5 Å². The molecular formula is C10H11N. The van der Waals surface area contributed by atoms with Crippen LogP contribution in [0.3, 0.4) is 0 Å². The third-order valence-corrected chi connectivity index (χ3v) is 1.35. The normalized spacial score (nSPS) is 8.64. The fourth-order valence-electron chi connectivity index (χ4n) is 1.05. The number of hydrogen-bond acceptors (Lipinski definition) is 1. The molecule has 0 aromatic carbocycles. The highest BCUT2D eigenvalue weighted by molar-refractivity contribution is 5.35. The second-order valence-corrected chi connectivity index (χ2v) is 2.51. The molecule has 0 bridgehead atoms. The standard InChI is InChI=1S/C10H11N/c1-4-5-10-6-8(2)11-9(3)7-10/h6-7H,1-3H3. The molecule has 1 rings (SSSR count). The van der Waals surface area contributed by atoms with Crippen molar-refractivity contribution in [1.82, 2.24) is 4.98 Å². The van der Waals surface area contributed by atoms with Gasteiger partial charge in [0.15, 0.2) is 0 Å². The predicted octanol–water partition coefficient (Wildman–Crippen LogP) is 2.07. The Morgan fingerprint density at radius 2 is 1.73 bits per heavy atom. The zero-order chi connectivity index (χ0) is 8.27. The quantitative estimate of drug-likeness (QED) is 0.509. The van der Waals surface area contributed by atoms with Gasteiger partial charge in [-0.05, 0) is 32.9 Å². The van der Waals surface area contributed by atoms with E-state index in [-0.39, 0.29) is 0 Å². The van der Waals surface area contributed by atoms with Crippen molar-refractivity contribution in [3.8, 4) is 11.8 Å². The number of hydrogen-bond donors (Lipinski definition) is 0. The first-order valence-corrected chi connectivity index (χ1v) is 3.60. The van der Waals surface area contributed by atoms with Crippen LogP contribution in [0.1, 0.15) is 23.9 Å². The highest BCUT2D eigenvalue weighted by Crippen LogP contribution is 2.02. The molecule has 0 aliphatic carbocycles. The first kappa shape index (κ1) is 7.81. The number of nitrogens with zero attached hydrogens (tertiary/aromatic N) is 1. The van der Waals surface area contributed by atoms with Crippen molar-refractivity contribution < 1.29 is 0 Å².